The van der Waals surface area contributed by atoms with Crippen molar-refractivity contribution in [2.45, 2.75) is 19.8 Å². The molecule has 0 aliphatic carbocycles. The minimum absolute atomic E-state index is 0.157. The molecule has 0 fully saturated rings. The summed E-state index contributed by atoms with van der Waals surface area (Å²) in [5, 5.41) is 10.9. The van der Waals surface area contributed by atoms with Crippen LogP contribution in [0.4, 0.5) is 5.69 Å². The third-order valence-electron chi connectivity index (χ3n) is 4.00. The van der Waals surface area contributed by atoms with Gasteiger partial charge in [-0.25, -0.2) is 0 Å². The second-order valence-corrected chi connectivity index (χ2v) is 5.95. The molecule has 0 bridgehead atoms. The van der Waals surface area contributed by atoms with Crippen molar-refractivity contribution in [3.05, 3.63) is 53.9 Å². The van der Waals surface area contributed by atoms with Gasteiger partial charge in [-0.15, -0.1) is 10.2 Å². The lowest BCUT2D eigenvalue weighted by Gasteiger charge is -2.10. The van der Waals surface area contributed by atoms with Crippen molar-refractivity contribution >= 4 is 11.6 Å². The van der Waals surface area contributed by atoms with Crippen LogP contribution in [0.1, 0.15) is 17.9 Å². The largest absolute Gasteiger partial charge is 0.496 e. The van der Waals surface area contributed by atoms with Crippen molar-refractivity contribution in [3.63, 3.8) is 0 Å². The molecular formula is C20H21N3O4. The van der Waals surface area contributed by atoms with Gasteiger partial charge in [0.1, 0.15) is 11.5 Å². The number of carbonyl (C=O) groups is 1. The number of benzene rings is 2. The molecular weight excluding hydrogens is 346 g/mol. The number of nitrogens with one attached hydrogen (secondary N) is 1. The van der Waals surface area contributed by atoms with Crippen molar-refractivity contribution in [1.82, 2.24) is 10.2 Å². The zero-order chi connectivity index (χ0) is 19.2. The number of nitrogens with zero attached hydrogens (tertiary/aromatic N) is 2. The topological polar surface area (TPSA) is 86.5 Å². The summed E-state index contributed by atoms with van der Waals surface area (Å²) in [6.45, 7) is 1.95. The first-order valence-electron chi connectivity index (χ1n) is 8.51. The van der Waals surface area contributed by atoms with E-state index >= 15 is 0 Å². The molecule has 0 aliphatic heterocycles. The number of para-hydroxylation sites is 1. The van der Waals surface area contributed by atoms with Gasteiger partial charge in [-0.3, -0.25) is 4.79 Å². The van der Waals surface area contributed by atoms with Crippen LogP contribution >= 0.6 is 0 Å². The Kier molecular flexibility index (Phi) is 5.71. The number of anilines is 1. The lowest BCUT2D eigenvalue weighted by Crippen LogP contribution is -2.13. The van der Waals surface area contributed by atoms with Gasteiger partial charge in [0, 0.05) is 12.8 Å². The minimum atomic E-state index is -0.157. The van der Waals surface area contributed by atoms with E-state index in [9.17, 15) is 4.79 Å². The van der Waals surface area contributed by atoms with E-state index in [1.54, 1.807) is 14.2 Å². The summed E-state index contributed by atoms with van der Waals surface area (Å²) in [7, 11) is 3.15. The highest BCUT2D eigenvalue weighted by molar-refractivity contribution is 5.92. The van der Waals surface area contributed by atoms with Crippen LogP contribution in [0.2, 0.25) is 0 Å². The first kappa shape index (κ1) is 18.4. The predicted molar refractivity (Wildman–Crippen MR) is 101 cm³/mol. The average Bonchev–Trinajstić information content (AvgIpc) is 3.15. The van der Waals surface area contributed by atoms with Crippen molar-refractivity contribution in [2.75, 3.05) is 19.5 Å². The maximum Gasteiger partial charge on any atom is 0.251 e. The number of carbonyl (C=O) groups excluding carboxylic acids is 1. The Labute approximate surface area is 157 Å². The van der Waals surface area contributed by atoms with E-state index in [4.69, 9.17) is 13.9 Å². The monoisotopic (exact) mass is 367 g/mol. The van der Waals surface area contributed by atoms with Gasteiger partial charge in [0.2, 0.25) is 11.8 Å². The van der Waals surface area contributed by atoms with E-state index in [2.05, 4.69) is 15.5 Å². The fourth-order valence-electron chi connectivity index (χ4n) is 2.64. The van der Waals surface area contributed by atoms with Crippen LogP contribution in [0.15, 0.2) is 46.9 Å². The lowest BCUT2D eigenvalue weighted by molar-refractivity contribution is -0.116. The number of aromatic nitrogens is 2. The lowest BCUT2D eigenvalue weighted by atomic mass is 10.2. The second-order valence-electron chi connectivity index (χ2n) is 5.95. The van der Waals surface area contributed by atoms with Gasteiger partial charge in [0.25, 0.3) is 5.89 Å². The summed E-state index contributed by atoms with van der Waals surface area (Å²) in [5.74, 6) is 1.86. The molecule has 0 radical (unpaired) electrons. The first-order chi connectivity index (χ1) is 13.1. The molecule has 7 heteroatoms. The van der Waals surface area contributed by atoms with Gasteiger partial charge < -0.3 is 19.2 Å². The van der Waals surface area contributed by atoms with E-state index in [0.717, 1.165) is 5.56 Å². The van der Waals surface area contributed by atoms with Gasteiger partial charge in [0.05, 0.1) is 25.5 Å². The summed E-state index contributed by atoms with van der Waals surface area (Å²) in [5.41, 5.74) is 2.39. The molecule has 0 saturated heterocycles. The second kappa shape index (κ2) is 8.35. The Balaban J connectivity index is 1.63. The molecule has 0 saturated carbocycles. The van der Waals surface area contributed by atoms with Gasteiger partial charge >= 0.3 is 0 Å². The maximum absolute atomic E-state index is 12.3. The summed E-state index contributed by atoms with van der Waals surface area (Å²) < 4.78 is 16.2. The zero-order valence-electron chi connectivity index (χ0n) is 15.5. The molecule has 3 rings (SSSR count). The summed E-state index contributed by atoms with van der Waals surface area (Å²) >= 11 is 0. The molecule has 0 aliphatic rings. The summed E-state index contributed by atoms with van der Waals surface area (Å²) in [4.78, 5) is 12.3. The Morgan fingerprint density at radius 3 is 2.63 bits per heavy atom. The number of methoxy groups -OCH3 is 2. The molecule has 3 aromatic rings. The third kappa shape index (κ3) is 4.44. The molecule has 27 heavy (non-hydrogen) atoms. The first-order valence-corrected chi connectivity index (χ1v) is 8.51. The van der Waals surface area contributed by atoms with Crippen molar-refractivity contribution < 1.29 is 18.7 Å². The van der Waals surface area contributed by atoms with Crippen LogP contribution in [-0.4, -0.2) is 30.3 Å². The zero-order valence-corrected chi connectivity index (χ0v) is 15.5. The fourth-order valence-corrected chi connectivity index (χ4v) is 2.64. The SMILES string of the molecule is COc1ccc(C)cc1NC(=O)CCc1nnc(-c2ccccc2OC)o1. The molecule has 1 amide bonds. The standard InChI is InChI=1S/C20H21N3O4/c1-13-8-9-17(26-3)15(12-13)21-18(24)10-11-19-22-23-20(27-19)14-6-4-5-7-16(14)25-2/h4-9,12H,10-11H2,1-3H3,(H,21,24). The molecule has 1 heterocycles. The van der Waals surface area contributed by atoms with Crippen LogP contribution in [0.5, 0.6) is 11.5 Å². The van der Waals surface area contributed by atoms with Gasteiger partial charge in [-0.1, -0.05) is 18.2 Å². The van der Waals surface area contributed by atoms with Crippen LogP contribution in [-0.2, 0) is 11.2 Å². The Hall–Kier alpha value is -3.35. The van der Waals surface area contributed by atoms with Gasteiger partial charge in [0.15, 0.2) is 0 Å². The van der Waals surface area contributed by atoms with E-state index < -0.39 is 0 Å². The highest BCUT2D eigenvalue weighted by Gasteiger charge is 2.14. The average molecular weight is 367 g/mol. The molecule has 1 N–H and O–H groups in total. The molecule has 140 valence electrons. The van der Waals surface area contributed by atoms with Crippen molar-refractivity contribution in [2.24, 2.45) is 0 Å². The number of hydrogen-bond donors (Lipinski definition) is 1. The minimum Gasteiger partial charge on any atom is -0.496 e. The van der Waals surface area contributed by atoms with Crippen molar-refractivity contribution in [1.29, 1.82) is 0 Å². The van der Waals surface area contributed by atoms with Crippen molar-refractivity contribution in [3.8, 4) is 23.0 Å². The highest BCUT2D eigenvalue weighted by atomic mass is 16.5. The molecule has 0 atom stereocenters. The maximum atomic E-state index is 12.3. The molecule has 0 spiro atoms. The molecule has 7 nitrogen and oxygen atoms in total. The Bertz CT molecular complexity index is 936. The smallest absolute Gasteiger partial charge is 0.251 e. The normalized spacial score (nSPS) is 10.5. The van der Waals surface area contributed by atoms with Crippen LogP contribution in [0.3, 0.4) is 0 Å². The highest BCUT2D eigenvalue weighted by Crippen LogP contribution is 2.29. The van der Waals surface area contributed by atoms with E-state index in [0.29, 0.717) is 41.0 Å². The Morgan fingerprint density at radius 2 is 1.85 bits per heavy atom. The number of ether oxygens (including phenoxy) is 2. The van der Waals surface area contributed by atoms with E-state index in [1.165, 1.54) is 0 Å². The molecule has 1 aromatic heterocycles. The van der Waals surface area contributed by atoms with Crippen LogP contribution in [0, 0.1) is 6.92 Å². The van der Waals surface area contributed by atoms with E-state index in [-0.39, 0.29) is 12.3 Å². The predicted octanol–water partition coefficient (Wildman–Crippen LogP) is 3.63. The molecule has 0 unspecified atom stereocenters. The third-order valence-corrected chi connectivity index (χ3v) is 4.00. The number of hydrogen-bond acceptors (Lipinski definition) is 6. The van der Waals surface area contributed by atoms with Gasteiger partial charge in [-0.2, -0.15) is 0 Å². The molecule has 2 aromatic carbocycles. The Morgan fingerprint density at radius 1 is 1.07 bits per heavy atom. The number of aryl methyl sites for hydroxylation is 2. The summed E-state index contributed by atoms with van der Waals surface area (Å²) in [6.07, 6.45) is 0.548. The van der Waals surface area contributed by atoms with E-state index in [1.807, 2.05) is 49.4 Å². The fraction of sp³-hybridized carbons (Fsp3) is 0.250. The summed E-state index contributed by atoms with van der Waals surface area (Å²) in [6, 6.07) is 13.0. The number of amides is 1. The quantitative estimate of drug-likeness (QED) is 0.686. The van der Waals surface area contributed by atoms with Gasteiger partial charge in [-0.05, 0) is 36.8 Å². The van der Waals surface area contributed by atoms with Crippen LogP contribution < -0.4 is 14.8 Å². The number of rotatable bonds is 7. The van der Waals surface area contributed by atoms with Crippen LogP contribution in [0.25, 0.3) is 11.5 Å².